The summed E-state index contributed by atoms with van der Waals surface area (Å²) < 4.78 is 22.0. The summed E-state index contributed by atoms with van der Waals surface area (Å²) in [6, 6.07) is 5.10. The first kappa shape index (κ1) is 17.3. The number of rotatable bonds is 2. The summed E-state index contributed by atoms with van der Waals surface area (Å²) in [6.07, 6.45) is 0.156. The molecule has 6 heteroatoms. The first-order valence-electron chi connectivity index (χ1n) is 7.49. The molecule has 0 saturated carbocycles. The van der Waals surface area contributed by atoms with Crippen molar-refractivity contribution in [3.8, 4) is 11.1 Å². The Bertz CT molecular complexity index is 854. The zero-order chi connectivity index (χ0) is 17.6. The Balaban J connectivity index is 2.33. The number of methoxy groups -OCH3 is 1. The Kier molecular flexibility index (Phi) is 4.62. The molecule has 1 aliphatic heterocycles. The van der Waals surface area contributed by atoms with Crippen LogP contribution in [0.2, 0.25) is 0 Å². The van der Waals surface area contributed by atoms with Gasteiger partial charge in [0.25, 0.3) is 0 Å². The van der Waals surface area contributed by atoms with Gasteiger partial charge in [-0.2, -0.15) is 0 Å². The van der Waals surface area contributed by atoms with Crippen molar-refractivity contribution in [1.82, 2.24) is 0 Å². The highest BCUT2D eigenvalue weighted by Crippen LogP contribution is 2.48. The molecule has 1 heterocycles. The summed E-state index contributed by atoms with van der Waals surface area (Å²) in [5.41, 5.74) is 5.81. The van der Waals surface area contributed by atoms with Gasteiger partial charge in [-0.15, -0.1) is 0 Å². The molecule has 0 atom stereocenters. The highest BCUT2D eigenvalue weighted by molar-refractivity contribution is 9.10. The third kappa shape index (κ3) is 2.62. The van der Waals surface area contributed by atoms with Gasteiger partial charge in [-0.1, -0.05) is 40.9 Å². The van der Waals surface area contributed by atoms with Gasteiger partial charge in [0.1, 0.15) is 5.82 Å². The molecule has 3 rings (SSSR count). The number of ether oxygens (including phenoxy) is 1. The summed E-state index contributed by atoms with van der Waals surface area (Å²) in [6.45, 7) is 4.35. The Hall–Kier alpha value is -1.53. The first-order valence-corrected chi connectivity index (χ1v) is 8.68. The second kappa shape index (κ2) is 6.41. The number of hydrogen-bond acceptors (Lipinski definition) is 4. The van der Waals surface area contributed by atoms with Gasteiger partial charge < -0.3 is 9.04 Å². The zero-order valence-corrected chi connectivity index (χ0v) is 16.1. The quantitative estimate of drug-likeness (QED) is 0.572. The maximum absolute atomic E-state index is 14.6. The van der Waals surface area contributed by atoms with Crippen LogP contribution >= 0.6 is 28.7 Å². The van der Waals surface area contributed by atoms with E-state index in [0.29, 0.717) is 12.1 Å². The van der Waals surface area contributed by atoms with Gasteiger partial charge in [0.05, 0.1) is 25.8 Å². The van der Waals surface area contributed by atoms with Crippen LogP contribution in [0.15, 0.2) is 22.7 Å². The Labute approximate surface area is 154 Å². The number of halogens is 2. The van der Waals surface area contributed by atoms with E-state index in [-0.39, 0.29) is 18.2 Å². The molecule has 1 aliphatic rings. The minimum Gasteiger partial charge on any atom is -0.469 e. The number of benzene rings is 2. The van der Waals surface area contributed by atoms with Gasteiger partial charge in [-0.3, -0.25) is 4.79 Å². The summed E-state index contributed by atoms with van der Waals surface area (Å²) >= 11 is 8.18. The SMILES string of the molecule is COC(=O)Cc1c(C)c2c(c(C)c1Br)-c1c(F)cccc1CN2S. The van der Waals surface area contributed by atoms with Crippen molar-refractivity contribution in [2.24, 2.45) is 0 Å². The molecule has 0 aliphatic carbocycles. The van der Waals surface area contributed by atoms with E-state index in [1.54, 1.807) is 6.07 Å². The largest absolute Gasteiger partial charge is 0.469 e. The van der Waals surface area contributed by atoms with Gasteiger partial charge in [0.15, 0.2) is 0 Å². The molecule has 0 fully saturated rings. The Morgan fingerprint density at radius 2 is 2.04 bits per heavy atom. The maximum atomic E-state index is 14.6. The molecule has 0 amide bonds. The lowest BCUT2D eigenvalue weighted by molar-refractivity contribution is -0.139. The van der Waals surface area contributed by atoms with Crippen LogP contribution < -0.4 is 4.31 Å². The number of esters is 1. The molecule has 0 aromatic heterocycles. The lowest BCUT2D eigenvalue weighted by Gasteiger charge is -2.33. The van der Waals surface area contributed by atoms with E-state index in [2.05, 4.69) is 28.7 Å². The molecule has 0 bridgehead atoms. The molecule has 0 saturated heterocycles. The molecule has 3 nitrogen and oxygen atoms in total. The van der Waals surface area contributed by atoms with Crippen LogP contribution in [0.3, 0.4) is 0 Å². The normalized spacial score (nSPS) is 12.7. The second-order valence-electron chi connectivity index (χ2n) is 5.85. The van der Waals surface area contributed by atoms with Crippen molar-refractivity contribution >= 4 is 40.4 Å². The van der Waals surface area contributed by atoms with Crippen LogP contribution in [0.4, 0.5) is 10.1 Å². The van der Waals surface area contributed by atoms with Crippen molar-refractivity contribution in [2.75, 3.05) is 11.4 Å². The fourth-order valence-electron chi connectivity index (χ4n) is 3.28. The number of fused-ring (bicyclic) bond motifs is 3. The molecule has 126 valence electrons. The average molecular weight is 410 g/mol. The number of carbonyl (C=O) groups excluding carboxylic acids is 1. The molecule has 2 aromatic carbocycles. The molecule has 0 unspecified atom stereocenters. The number of hydrogen-bond donors (Lipinski definition) is 1. The average Bonchev–Trinajstić information content (AvgIpc) is 2.55. The van der Waals surface area contributed by atoms with Crippen molar-refractivity contribution in [2.45, 2.75) is 26.8 Å². The topological polar surface area (TPSA) is 29.5 Å². The van der Waals surface area contributed by atoms with Gasteiger partial charge in [0, 0.05) is 15.6 Å². The van der Waals surface area contributed by atoms with Crippen molar-refractivity contribution in [3.63, 3.8) is 0 Å². The van der Waals surface area contributed by atoms with Crippen LogP contribution in [0.1, 0.15) is 22.3 Å². The van der Waals surface area contributed by atoms with E-state index in [1.807, 2.05) is 24.2 Å². The highest BCUT2D eigenvalue weighted by atomic mass is 79.9. The van der Waals surface area contributed by atoms with E-state index in [0.717, 1.165) is 38.0 Å². The summed E-state index contributed by atoms with van der Waals surface area (Å²) in [4.78, 5) is 11.8. The number of anilines is 1. The Morgan fingerprint density at radius 1 is 1.33 bits per heavy atom. The highest BCUT2D eigenvalue weighted by Gasteiger charge is 2.30. The lowest BCUT2D eigenvalue weighted by atomic mass is 9.86. The smallest absolute Gasteiger partial charge is 0.310 e. The third-order valence-corrected chi connectivity index (χ3v) is 5.91. The number of carbonyl (C=O) groups is 1. The van der Waals surface area contributed by atoms with Crippen LogP contribution in [-0.2, 0) is 22.5 Å². The van der Waals surface area contributed by atoms with E-state index >= 15 is 0 Å². The maximum Gasteiger partial charge on any atom is 0.310 e. The van der Waals surface area contributed by atoms with E-state index < -0.39 is 0 Å². The van der Waals surface area contributed by atoms with E-state index in [1.165, 1.54) is 13.2 Å². The van der Waals surface area contributed by atoms with Crippen LogP contribution in [0.25, 0.3) is 11.1 Å². The predicted molar refractivity (Wildman–Crippen MR) is 99.9 cm³/mol. The van der Waals surface area contributed by atoms with Gasteiger partial charge >= 0.3 is 5.97 Å². The lowest BCUT2D eigenvalue weighted by Crippen LogP contribution is -2.21. The first-order chi connectivity index (χ1) is 11.4. The third-order valence-electron chi connectivity index (χ3n) is 4.49. The van der Waals surface area contributed by atoms with Crippen LogP contribution in [0, 0.1) is 19.7 Å². The monoisotopic (exact) mass is 409 g/mol. The number of thiol groups is 1. The molecule has 24 heavy (non-hydrogen) atoms. The van der Waals surface area contributed by atoms with Crippen molar-refractivity contribution in [1.29, 1.82) is 0 Å². The van der Waals surface area contributed by atoms with E-state index in [9.17, 15) is 9.18 Å². The molecule has 2 aromatic rings. The van der Waals surface area contributed by atoms with Gasteiger partial charge in [-0.25, -0.2) is 4.39 Å². The van der Waals surface area contributed by atoms with Crippen LogP contribution in [-0.4, -0.2) is 13.1 Å². The molecule has 0 radical (unpaired) electrons. The molecular formula is C18H17BrFNO2S. The van der Waals surface area contributed by atoms with Crippen molar-refractivity contribution in [3.05, 3.63) is 50.7 Å². The Morgan fingerprint density at radius 3 is 2.71 bits per heavy atom. The van der Waals surface area contributed by atoms with E-state index in [4.69, 9.17) is 4.74 Å². The summed E-state index contributed by atoms with van der Waals surface area (Å²) in [7, 11) is 1.37. The molecular weight excluding hydrogens is 393 g/mol. The fraction of sp³-hybridized carbons (Fsp3) is 0.278. The molecule has 0 spiro atoms. The summed E-state index contributed by atoms with van der Waals surface area (Å²) in [5, 5.41) is 0. The van der Waals surface area contributed by atoms with Crippen LogP contribution in [0.5, 0.6) is 0 Å². The van der Waals surface area contributed by atoms with Gasteiger partial charge in [0.2, 0.25) is 0 Å². The van der Waals surface area contributed by atoms with Gasteiger partial charge in [-0.05, 0) is 42.2 Å². The van der Waals surface area contributed by atoms with Crippen molar-refractivity contribution < 1.29 is 13.9 Å². The standard InChI is InChI=1S/C18H17BrFNO2S/c1-9-12(7-14(22)23-3)17(19)10(2)15-16-11(5-4-6-13(16)20)8-21(24)18(9)15/h4-6,24H,7-8H2,1-3H3. The number of nitrogens with zero attached hydrogens (tertiary/aromatic N) is 1. The fourth-order valence-corrected chi connectivity index (χ4v) is 4.32. The second-order valence-corrected chi connectivity index (χ2v) is 7.13. The molecule has 0 N–H and O–H groups in total. The minimum atomic E-state index is -0.314. The zero-order valence-electron chi connectivity index (χ0n) is 13.6. The predicted octanol–water partition coefficient (Wildman–Crippen LogP) is 4.75. The summed E-state index contributed by atoms with van der Waals surface area (Å²) in [5.74, 6) is -0.559. The minimum absolute atomic E-state index is 0.156.